The van der Waals surface area contributed by atoms with Gasteiger partial charge in [-0.2, -0.15) is 0 Å². The van der Waals surface area contributed by atoms with Crippen LogP contribution in [-0.2, 0) is 16.1 Å². The summed E-state index contributed by atoms with van der Waals surface area (Å²) in [5.41, 5.74) is 6.38. The van der Waals surface area contributed by atoms with Crippen molar-refractivity contribution in [2.24, 2.45) is 5.73 Å². The molecule has 0 bridgehead atoms. The first-order valence-corrected chi connectivity index (χ1v) is 5.11. The van der Waals surface area contributed by atoms with Gasteiger partial charge in [-0.15, -0.1) is 5.06 Å². The van der Waals surface area contributed by atoms with Crippen molar-refractivity contribution in [3.63, 3.8) is 0 Å². The van der Waals surface area contributed by atoms with Crippen molar-refractivity contribution in [2.75, 3.05) is 7.05 Å². The fraction of sp³-hybridized carbons (Fsp3) is 0.250. The molecule has 1 unspecified atom stereocenters. The Morgan fingerprint density at radius 3 is 2.69 bits per heavy atom. The lowest BCUT2D eigenvalue weighted by molar-refractivity contribution is -0.137. The summed E-state index contributed by atoms with van der Waals surface area (Å²) in [4.78, 5) is 16.5. The number of hydrogen-bond acceptors (Lipinski definition) is 3. The number of amides is 1. The maximum absolute atomic E-state index is 11.1. The third-order valence-electron chi connectivity index (χ3n) is 2.51. The number of nitrogens with zero attached hydrogens (tertiary/aromatic N) is 1. The Morgan fingerprint density at radius 1 is 1.44 bits per heavy atom. The minimum Gasteiger partial charge on any atom is -0.410 e. The molecule has 0 aromatic heterocycles. The van der Waals surface area contributed by atoms with Crippen molar-refractivity contribution in [2.45, 2.75) is 12.5 Å². The highest BCUT2D eigenvalue weighted by Gasteiger charge is 2.27. The van der Waals surface area contributed by atoms with Crippen LogP contribution in [0.5, 0.6) is 0 Å². The van der Waals surface area contributed by atoms with E-state index in [1.54, 1.807) is 13.1 Å². The average molecular weight is 218 g/mol. The van der Waals surface area contributed by atoms with E-state index in [1.165, 1.54) is 5.06 Å². The van der Waals surface area contributed by atoms with Crippen LogP contribution in [0.15, 0.2) is 42.2 Å². The lowest BCUT2D eigenvalue weighted by Crippen LogP contribution is -2.37. The number of hydroxylamine groups is 2. The van der Waals surface area contributed by atoms with Gasteiger partial charge in [-0.3, -0.25) is 4.79 Å². The van der Waals surface area contributed by atoms with Crippen molar-refractivity contribution in [1.29, 1.82) is 0 Å². The van der Waals surface area contributed by atoms with E-state index in [9.17, 15) is 4.79 Å². The molecule has 0 saturated heterocycles. The standard InChI is InChI=1S/C12H14N2O2/c1-14-11(12(13)15)8-10(16-14)7-9-5-3-2-4-6-9/h2-6,8,11H,7H2,1H3,(H2,13,15). The van der Waals surface area contributed by atoms with Gasteiger partial charge in [0.05, 0.1) is 0 Å². The molecule has 2 N–H and O–H groups in total. The Bertz CT molecular complexity index is 414. The lowest BCUT2D eigenvalue weighted by atomic mass is 10.1. The van der Waals surface area contributed by atoms with Crippen molar-refractivity contribution < 1.29 is 9.63 Å². The van der Waals surface area contributed by atoms with Crippen LogP contribution in [-0.4, -0.2) is 24.1 Å². The Morgan fingerprint density at radius 2 is 2.12 bits per heavy atom. The zero-order chi connectivity index (χ0) is 11.5. The second-order valence-corrected chi connectivity index (χ2v) is 3.78. The molecule has 2 rings (SSSR count). The van der Waals surface area contributed by atoms with Gasteiger partial charge < -0.3 is 10.6 Å². The van der Waals surface area contributed by atoms with E-state index in [4.69, 9.17) is 10.6 Å². The highest BCUT2D eigenvalue weighted by atomic mass is 16.7. The van der Waals surface area contributed by atoms with Gasteiger partial charge in [0.1, 0.15) is 11.8 Å². The topological polar surface area (TPSA) is 55.6 Å². The molecule has 4 heteroatoms. The second kappa shape index (κ2) is 4.37. The summed E-state index contributed by atoms with van der Waals surface area (Å²) in [6.07, 6.45) is 2.43. The highest BCUT2D eigenvalue weighted by molar-refractivity contribution is 5.82. The van der Waals surface area contributed by atoms with E-state index >= 15 is 0 Å². The third kappa shape index (κ3) is 2.23. The van der Waals surface area contributed by atoms with Crippen LogP contribution in [0, 0.1) is 0 Å². The maximum Gasteiger partial charge on any atom is 0.242 e. The van der Waals surface area contributed by atoms with E-state index in [-0.39, 0.29) is 0 Å². The molecule has 1 atom stereocenters. The molecule has 4 nitrogen and oxygen atoms in total. The van der Waals surface area contributed by atoms with Gasteiger partial charge in [-0.05, 0) is 11.6 Å². The minimum atomic E-state index is -0.460. The van der Waals surface area contributed by atoms with E-state index < -0.39 is 11.9 Å². The zero-order valence-electron chi connectivity index (χ0n) is 9.09. The van der Waals surface area contributed by atoms with Crippen molar-refractivity contribution >= 4 is 5.91 Å². The summed E-state index contributed by atoms with van der Waals surface area (Å²) >= 11 is 0. The Hall–Kier alpha value is -1.81. The van der Waals surface area contributed by atoms with Crippen molar-refractivity contribution in [3.05, 3.63) is 47.7 Å². The summed E-state index contributed by atoms with van der Waals surface area (Å²) in [5, 5.41) is 1.47. The highest BCUT2D eigenvalue weighted by Crippen LogP contribution is 2.19. The van der Waals surface area contributed by atoms with Crippen LogP contribution in [0.25, 0.3) is 0 Å². The molecule has 84 valence electrons. The molecule has 1 aliphatic rings. The molecule has 1 aromatic rings. The van der Waals surface area contributed by atoms with Gasteiger partial charge in [-0.1, -0.05) is 30.3 Å². The summed E-state index contributed by atoms with van der Waals surface area (Å²) in [5.74, 6) is 0.364. The van der Waals surface area contributed by atoms with E-state index in [1.807, 2.05) is 30.3 Å². The first-order valence-electron chi connectivity index (χ1n) is 5.11. The first kappa shape index (κ1) is 10.7. The minimum absolute atomic E-state index is 0.398. The molecule has 16 heavy (non-hydrogen) atoms. The van der Waals surface area contributed by atoms with Gasteiger partial charge >= 0.3 is 0 Å². The Balaban J connectivity index is 2.08. The molecule has 1 aliphatic heterocycles. The van der Waals surface area contributed by atoms with Gasteiger partial charge in [0.2, 0.25) is 5.91 Å². The molecule has 1 aromatic carbocycles. The fourth-order valence-corrected chi connectivity index (χ4v) is 1.70. The average Bonchev–Trinajstić information content (AvgIpc) is 2.61. The number of carbonyl (C=O) groups excluding carboxylic acids is 1. The fourth-order valence-electron chi connectivity index (χ4n) is 1.70. The van der Waals surface area contributed by atoms with Crippen LogP contribution in [0.1, 0.15) is 5.56 Å². The van der Waals surface area contributed by atoms with Crippen molar-refractivity contribution in [1.82, 2.24) is 5.06 Å². The van der Waals surface area contributed by atoms with Gasteiger partial charge in [0.15, 0.2) is 0 Å². The molecule has 0 spiro atoms. The van der Waals surface area contributed by atoms with Crippen LogP contribution >= 0.6 is 0 Å². The molecule has 0 aliphatic carbocycles. The molecule has 0 saturated carbocycles. The monoisotopic (exact) mass is 218 g/mol. The molecule has 0 radical (unpaired) electrons. The number of rotatable bonds is 3. The largest absolute Gasteiger partial charge is 0.410 e. The first-order chi connectivity index (χ1) is 7.66. The molecule has 1 amide bonds. The quantitative estimate of drug-likeness (QED) is 0.818. The summed E-state index contributed by atoms with van der Waals surface area (Å²) in [6, 6.07) is 9.48. The third-order valence-corrected chi connectivity index (χ3v) is 2.51. The summed E-state index contributed by atoms with van der Waals surface area (Å²) < 4.78 is 0. The van der Waals surface area contributed by atoms with Gasteiger partial charge in [-0.25, -0.2) is 0 Å². The van der Waals surface area contributed by atoms with Crippen LogP contribution < -0.4 is 5.73 Å². The Kier molecular flexibility index (Phi) is 2.92. The smallest absolute Gasteiger partial charge is 0.242 e. The number of hydrogen-bond donors (Lipinski definition) is 1. The number of allylic oxidation sites excluding steroid dienone is 1. The number of benzene rings is 1. The van der Waals surface area contributed by atoms with E-state index in [0.717, 1.165) is 11.3 Å². The number of primary amides is 1. The molecule has 1 heterocycles. The SMILES string of the molecule is CN1OC(Cc2ccccc2)=CC1C(N)=O. The number of likely N-dealkylation sites (N-methyl/N-ethyl adjacent to an activating group) is 1. The predicted octanol–water partition coefficient (Wildman–Crippen LogP) is 0.844. The lowest BCUT2D eigenvalue weighted by Gasteiger charge is -2.15. The molecular formula is C12H14N2O2. The van der Waals surface area contributed by atoms with Gasteiger partial charge in [0, 0.05) is 13.5 Å². The molecule has 0 fully saturated rings. The predicted molar refractivity (Wildman–Crippen MR) is 60.1 cm³/mol. The zero-order valence-corrected chi connectivity index (χ0v) is 9.09. The Labute approximate surface area is 94.3 Å². The van der Waals surface area contributed by atoms with Crippen molar-refractivity contribution in [3.8, 4) is 0 Å². The second-order valence-electron chi connectivity index (χ2n) is 3.78. The van der Waals surface area contributed by atoms with E-state index in [0.29, 0.717) is 6.42 Å². The summed E-state index contributed by atoms with van der Waals surface area (Å²) in [6.45, 7) is 0. The maximum atomic E-state index is 11.1. The number of nitrogens with two attached hydrogens (primary N) is 1. The van der Waals surface area contributed by atoms with Crippen LogP contribution in [0.4, 0.5) is 0 Å². The van der Waals surface area contributed by atoms with Crippen LogP contribution in [0.2, 0.25) is 0 Å². The van der Waals surface area contributed by atoms with Crippen LogP contribution in [0.3, 0.4) is 0 Å². The summed E-state index contributed by atoms with van der Waals surface area (Å²) in [7, 11) is 1.70. The number of carbonyl (C=O) groups is 1. The normalized spacial score (nSPS) is 20.3. The molecular weight excluding hydrogens is 204 g/mol. The van der Waals surface area contributed by atoms with Gasteiger partial charge in [0.25, 0.3) is 0 Å². The van der Waals surface area contributed by atoms with E-state index in [2.05, 4.69) is 0 Å².